The highest BCUT2D eigenvalue weighted by Crippen LogP contribution is 2.08. The molecule has 0 N–H and O–H groups in total. The van der Waals surface area contributed by atoms with E-state index in [1.54, 1.807) is 0 Å². The number of benzene rings is 1. The van der Waals surface area contributed by atoms with Gasteiger partial charge in [0.1, 0.15) is 0 Å². The fraction of sp³-hybridized carbons (Fsp3) is 0.0909. The van der Waals surface area contributed by atoms with Crippen molar-refractivity contribution in [1.29, 1.82) is 0 Å². The molecule has 0 saturated carbocycles. The number of hydrogen-bond donors (Lipinski definition) is 0. The normalized spacial score (nSPS) is 9.67. The van der Waals surface area contributed by atoms with Crippen molar-refractivity contribution < 1.29 is 0 Å². The second-order valence-corrected chi connectivity index (χ2v) is 3.92. The van der Waals surface area contributed by atoms with Gasteiger partial charge in [0.15, 0.2) is 0 Å². The molecule has 0 saturated heterocycles. The van der Waals surface area contributed by atoms with E-state index < -0.39 is 0 Å². The quantitative estimate of drug-likeness (QED) is 0.474. The Morgan fingerprint density at radius 1 is 1.33 bits per heavy atom. The first kappa shape index (κ1) is 9.01. The molecule has 0 amide bonds. The van der Waals surface area contributed by atoms with Gasteiger partial charge in [0, 0.05) is 10.2 Å². The first-order chi connectivity index (χ1) is 5.79. The lowest BCUT2D eigenvalue weighted by molar-refractivity contribution is 1.29. The molecule has 0 aromatic heterocycles. The first-order valence-electron chi connectivity index (χ1n) is 4.11. The van der Waals surface area contributed by atoms with Gasteiger partial charge in [-0.2, -0.15) is 0 Å². The molecule has 0 aliphatic heterocycles. The molecule has 0 nitrogen and oxygen atoms in total. The summed E-state index contributed by atoms with van der Waals surface area (Å²) in [5.74, 6) is 0. The molecule has 0 unspecified atom stereocenters. The van der Waals surface area contributed by atoms with Crippen LogP contribution in [0.15, 0.2) is 37.4 Å². The second-order valence-electron chi connectivity index (χ2n) is 2.84. The minimum atomic E-state index is 0.959. The lowest BCUT2D eigenvalue weighted by atomic mass is 10.0. The summed E-state index contributed by atoms with van der Waals surface area (Å²) in [7, 11) is 1.10. The van der Waals surface area contributed by atoms with Crippen molar-refractivity contribution >= 4 is 21.5 Å². The molecule has 1 aromatic carbocycles. The Morgan fingerprint density at radius 2 is 2.08 bits per heavy atom. The SMILES string of the molecule is C=CCc1c([SiH3])cccc1C=C. The number of rotatable bonds is 3. The van der Waals surface area contributed by atoms with Gasteiger partial charge in [-0.3, -0.25) is 0 Å². The third-order valence-electron chi connectivity index (χ3n) is 2.01. The maximum atomic E-state index is 3.80. The van der Waals surface area contributed by atoms with Gasteiger partial charge >= 0.3 is 0 Å². The van der Waals surface area contributed by atoms with Crippen molar-refractivity contribution in [2.24, 2.45) is 0 Å². The predicted octanol–water partition coefficient (Wildman–Crippen LogP) is 1.05. The molecule has 12 heavy (non-hydrogen) atoms. The molecule has 1 rings (SSSR count). The van der Waals surface area contributed by atoms with Crippen molar-refractivity contribution in [2.45, 2.75) is 6.42 Å². The van der Waals surface area contributed by atoms with Gasteiger partial charge in [0.25, 0.3) is 0 Å². The van der Waals surface area contributed by atoms with Gasteiger partial charge in [-0.1, -0.05) is 42.1 Å². The smallest absolute Gasteiger partial charge is 0.0389 e. The van der Waals surface area contributed by atoms with Gasteiger partial charge < -0.3 is 0 Å². The Balaban J connectivity index is 3.18. The Labute approximate surface area is 77.0 Å². The molecular weight excluding hydrogens is 160 g/mol. The van der Waals surface area contributed by atoms with Crippen molar-refractivity contribution in [3.05, 3.63) is 48.6 Å². The molecule has 0 bridgehead atoms. The second kappa shape index (κ2) is 4.07. The van der Waals surface area contributed by atoms with E-state index in [0.717, 1.165) is 16.7 Å². The van der Waals surface area contributed by atoms with Crippen LogP contribution in [-0.4, -0.2) is 10.2 Å². The van der Waals surface area contributed by atoms with Crippen LogP contribution in [0.4, 0.5) is 0 Å². The van der Waals surface area contributed by atoms with Gasteiger partial charge in [-0.05, 0) is 17.5 Å². The van der Waals surface area contributed by atoms with Crippen LogP contribution in [0.25, 0.3) is 6.08 Å². The van der Waals surface area contributed by atoms with Crippen molar-refractivity contribution in [3.8, 4) is 0 Å². The molecular formula is C11H14Si. The van der Waals surface area contributed by atoms with E-state index in [1.807, 2.05) is 12.2 Å². The highest BCUT2D eigenvalue weighted by molar-refractivity contribution is 6.33. The largest absolute Gasteiger partial charge is 0.103 e. The first-order valence-corrected chi connectivity index (χ1v) is 5.11. The Bertz CT molecular complexity index is 300. The van der Waals surface area contributed by atoms with E-state index in [0.29, 0.717) is 0 Å². The summed E-state index contributed by atoms with van der Waals surface area (Å²) in [5.41, 5.74) is 2.65. The van der Waals surface area contributed by atoms with Crippen molar-refractivity contribution in [2.75, 3.05) is 0 Å². The van der Waals surface area contributed by atoms with Crippen LogP contribution in [0.3, 0.4) is 0 Å². The fourth-order valence-corrected chi connectivity index (χ4v) is 2.02. The van der Waals surface area contributed by atoms with Gasteiger partial charge in [0.2, 0.25) is 0 Å². The van der Waals surface area contributed by atoms with Crippen LogP contribution >= 0.6 is 0 Å². The standard InChI is InChI=1S/C11H14Si/c1-3-6-10-9(4-2)7-5-8-11(10)12/h3-5,7-8H,1-2,6H2,12H3. The molecule has 1 heteroatoms. The summed E-state index contributed by atoms with van der Waals surface area (Å²) in [5, 5.41) is 1.45. The van der Waals surface area contributed by atoms with E-state index in [-0.39, 0.29) is 0 Å². The lowest BCUT2D eigenvalue weighted by Crippen LogP contribution is -2.10. The van der Waals surface area contributed by atoms with Crippen LogP contribution < -0.4 is 5.19 Å². The predicted molar refractivity (Wildman–Crippen MR) is 60.0 cm³/mol. The average molecular weight is 174 g/mol. The van der Waals surface area contributed by atoms with Crippen LogP contribution in [0.5, 0.6) is 0 Å². The summed E-state index contributed by atoms with van der Waals surface area (Å²) in [6.45, 7) is 7.55. The zero-order chi connectivity index (χ0) is 8.97. The van der Waals surface area contributed by atoms with E-state index in [4.69, 9.17) is 0 Å². The van der Waals surface area contributed by atoms with Gasteiger partial charge in [-0.25, -0.2) is 0 Å². The molecule has 0 fully saturated rings. The van der Waals surface area contributed by atoms with E-state index >= 15 is 0 Å². The summed E-state index contributed by atoms with van der Waals surface area (Å²) in [6.07, 6.45) is 4.82. The molecule has 0 aliphatic carbocycles. The summed E-state index contributed by atoms with van der Waals surface area (Å²) >= 11 is 0. The molecule has 0 spiro atoms. The Hall–Kier alpha value is -1.08. The van der Waals surface area contributed by atoms with Crippen molar-refractivity contribution in [1.82, 2.24) is 0 Å². The number of allylic oxidation sites excluding steroid dienone is 1. The maximum absolute atomic E-state index is 3.80. The molecule has 0 atom stereocenters. The lowest BCUT2D eigenvalue weighted by Gasteiger charge is -2.06. The van der Waals surface area contributed by atoms with Crippen LogP contribution in [-0.2, 0) is 6.42 Å². The molecule has 0 aliphatic rings. The Morgan fingerprint density at radius 3 is 2.67 bits per heavy atom. The van der Waals surface area contributed by atoms with Crippen molar-refractivity contribution in [3.63, 3.8) is 0 Å². The van der Waals surface area contributed by atoms with Gasteiger partial charge in [0.05, 0.1) is 0 Å². The van der Waals surface area contributed by atoms with Crippen LogP contribution in [0.2, 0.25) is 0 Å². The fourth-order valence-electron chi connectivity index (χ4n) is 1.34. The minimum absolute atomic E-state index is 0.959. The topological polar surface area (TPSA) is 0 Å². The monoisotopic (exact) mass is 174 g/mol. The van der Waals surface area contributed by atoms with E-state index in [1.165, 1.54) is 16.3 Å². The van der Waals surface area contributed by atoms with E-state index in [9.17, 15) is 0 Å². The third kappa shape index (κ3) is 1.74. The highest BCUT2D eigenvalue weighted by Gasteiger charge is 1.99. The Kier molecular flexibility index (Phi) is 3.06. The average Bonchev–Trinajstić information content (AvgIpc) is 2.09. The summed E-state index contributed by atoms with van der Waals surface area (Å²) in [6, 6.07) is 6.37. The minimum Gasteiger partial charge on any atom is -0.103 e. The summed E-state index contributed by atoms with van der Waals surface area (Å²) in [4.78, 5) is 0. The van der Waals surface area contributed by atoms with Crippen LogP contribution in [0.1, 0.15) is 11.1 Å². The molecule has 1 aromatic rings. The van der Waals surface area contributed by atoms with Gasteiger partial charge in [-0.15, -0.1) is 6.58 Å². The zero-order valence-corrected chi connectivity index (χ0v) is 9.51. The highest BCUT2D eigenvalue weighted by atomic mass is 28.1. The molecule has 0 heterocycles. The molecule has 0 radical (unpaired) electrons. The molecule has 62 valence electrons. The van der Waals surface area contributed by atoms with E-state index in [2.05, 4.69) is 31.4 Å². The zero-order valence-electron chi connectivity index (χ0n) is 7.51. The third-order valence-corrected chi connectivity index (χ3v) is 2.95. The maximum Gasteiger partial charge on any atom is 0.0389 e. The summed E-state index contributed by atoms with van der Waals surface area (Å²) < 4.78 is 0. The van der Waals surface area contributed by atoms with Crippen LogP contribution in [0, 0.1) is 0 Å². The number of hydrogen-bond acceptors (Lipinski definition) is 0.